The van der Waals surface area contributed by atoms with Crippen molar-refractivity contribution in [3.8, 4) is 11.5 Å². The summed E-state index contributed by atoms with van der Waals surface area (Å²) in [6.07, 6.45) is 1.47. The third-order valence-electron chi connectivity index (χ3n) is 3.16. The summed E-state index contributed by atoms with van der Waals surface area (Å²) in [6.45, 7) is 3.34. The molecule has 0 aliphatic carbocycles. The van der Waals surface area contributed by atoms with Gasteiger partial charge in [0.15, 0.2) is 0 Å². The van der Waals surface area contributed by atoms with Crippen LogP contribution in [0, 0.1) is 5.92 Å². The number of carbonyl (C=O) groups is 2. The van der Waals surface area contributed by atoms with Crippen LogP contribution in [0.1, 0.15) is 24.2 Å². The number of furan rings is 1. The molecule has 0 saturated carbocycles. The predicted molar refractivity (Wildman–Crippen MR) is 78.5 cm³/mol. The molecular weight excluding hydrogens is 288 g/mol. The lowest BCUT2D eigenvalue weighted by atomic mass is 10.0. The molecular formula is C15H16N2O5. The molecule has 0 radical (unpaired) electrons. The summed E-state index contributed by atoms with van der Waals surface area (Å²) in [5, 5.41) is 11.4. The molecule has 1 unspecified atom stereocenters. The van der Waals surface area contributed by atoms with Crippen molar-refractivity contribution in [2.24, 2.45) is 5.92 Å². The van der Waals surface area contributed by atoms with Gasteiger partial charge in [-0.15, -0.1) is 0 Å². The first kappa shape index (κ1) is 15.6. The quantitative estimate of drug-likeness (QED) is 0.774. The van der Waals surface area contributed by atoms with Crippen molar-refractivity contribution in [1.29, 1.82) is 0 Å². The Morgan fingerprint density at radius 2 is 2.00 bits per heavy atom. The van der Waals surface area contributed by atoms with Gasteiger partial charge >= 0.3 is 5.97 Å². The van der Waals surface area contributed by atoms with Gasteiger partial charge in [0, 0.05) is 0 Å². The first-order valence-corrected chi connectivity index (χ1v) is 6.71. The van der Waals surface area contributed by atoms with E-state index in [0.29, 0.717) is 11.5 Å². The second kappa shape index (κ2) is 6.30. The van der Waals surface area contributed by atoms with Crippen LogP contribution in [0.15, 0.2) is 39.7 Å². The molecule has 1 amide bonds. The van der Waals surface area contributed by atoms with Gasteiger partial charge in [0.1, 0.15) is 17.4 Å². The van der Waals surface area contributed by atoms with Crippen LogP contribution in [0.2, 0.25) is 0 Å². The highest BCUT2D eigenvalue weighted by molar-refractivity contribution is 5.96. The molecule has 22 heavy (non-hydrogen) atoms. The lowest BCUT2D eigenvalue weighted by Gasteiger charge is -2.17. The molecule has 3 N–H and O–H groups in total. The summed E-state index contributed by atoms with van der Waals surface area (Å²) < 4.78 is 5.15. The zero-order valence-corrected chi connectivity index (χ0v) is 12.1. The third-order valence-corrected chi connectivity index (χ3v) is 3.16. The van der Waals surface area contributed by atoms with E-state index in [4.69, 9.17) is 9.52 Å². The SMILES string of the molecule is CC(C)C(NC(=O)c1ccc(-c2ccco2)[nH]c1=O)C(=O)O. The summed E-state index contributed by atoms with van der Waals surface area (Å²) >= 11 is 0. The van der Waals surface area contributed by atoms with Gasteiger partial charge < -0.3 is 19.8 Å². The van der Waals surface area contributed by atoms with Gasteiger partial charge in [0.05, 0.1) is 12.0 Å². The number of aliphatic carboxylic acids is 1. The lowest BCUT2D eigenvalue weighted by Crippen LogP contribution is -2.45. The Morgan fingerprint density at radius 1 is 1.27 bits per heavy atom. The first-order chi connectivity index (χ1) is 10.4. The summed E-state index contributed by atoms with van der Waals surface area (Å²) in [4.78, 5) is 37.7. The number of amides is 1. The van der Waals surface area contributed by atoms with Crippen LogP contribution < -0.4 is 10.9 Å². The molecule has 2 rings (SSSR count). The number of nitrogens with one attached hydrogen (secondary N) is 2. The van der Waals surface area contributed by atoms with Crippen LogP contribution in [0.25, 0.3) is 11.5 Å². The monoisotopic (exact) mass is 304 g/mol. The van der Waals surface area contributed by atoms with E-state index in [1.54, 1.807) is 26.0 Å². The average Bonchev–Trinajstić information content (AvgIpc) is 2.97. The first-order valence-electron chi connectivity index (χ1n) is 6.71. The smallest absolute Gasteiger partial charge is 0.326 e. The molecule has 2 heterocycles. The van der Waals surface area contributed by atoms with Gasteiger partial charge in [-0.05, 0) is 30.2 Å². The number of carboxylic acids is 1. The Kier molecular flexibility index (Phi) is 4.45. The standard InChI is InChI=1S/C15H16N2O5/c1-8(2)12(15(20)21)17-14(19)9-5-6-10(16-13(9)18)11-4-3-7-22-11/h3-8,12H,1-2H3,(H,16,18)(H,17,19)(H,20,21). The highest BCUT2D eigenvalue weighted by Gasteiger charge is 2.25. The molecule has 0 bridgehead atoms. The van der Waals surface area contributed by atoms with Crippen LogP contribution in [-0.4, -0.2) is 28.0 Å². The van der Waals surface area contributed by atoms with E-state index in [9.17, 15) is 14.4 Å². The van der Waals surface area contributed by atoms with Crippen molar-refractivity contribution in [2.75, 3.05) is 0 Å². The van der Waals surface area contributed by atoms with E-state index in [2.05, 4.69) is 10.3 Å². The number of aromatic amines is 1. The van der Waals surface area contributed by atoms with Gasteiger partial charge in [-0.1, -0.05) is 13.8 Å². The summed E-state index contributed by atoms with van der Waals surface area (Å²) in [7, 11) is 0. The minimum Gasteiger partial charge on any atom is -0.480 e. The molecule has 0 aromatic carbocycles. The topological polar surface area (TPSA) is 112 Å². The fraction of sp³-hybridized carbons (Fsp3) is 0.267. The summed E-state index contributed by atoms with van der Waals surface area (Å²) in [5.74, 6) is -1.71. The normalized spacial score (nSPS) is 12.1. The van der Waals surface area contributed by atoms with Crippen molar-refractivity contribution in [3.63, 3.8) is 0 Å². The maximum Gasteiger partial charge on any atom is 0.326 e. The zero-order valence-electron chi connectivity index (χ0n) is 12.1. The van der Waals surface area contributed by atoms with Crippen molar-refractivity contribution in [1.82, 2.24) is 10.3 Å². The lowest BCUT2D eigenvalue weighted by molar-refractivity contribution is -0.140. The van der Waals surface area contributed by atoms with Gasteiger partial charge in [0.25, 0.3) is 11.5 Å². The third kappa shape index (κ3) is 3.25. The van der Waals surface area contributed by atoms with Gasteiger partial charge in [-0.2, -0.15) is 0 Å². The molecule has 116 valence electrons. The minimum atomic E-state index is -1.15. The Morgan fingerprint density at radius 3 is 2.50 bits per heavy atom. The average molecular weight is 304 g/mol. The van der Waals surface area contributed by atoms with E-state index in [0.717, 1.165) is 0 Å². The molecule has 0 aliphatic rings. The number of aromatic nitrogens is 1. The number of rotatable bonds is 5. The van der Waals surface area contributed by atoms with E-state index in [-0.39, 0.29) is 11.5 Å². The van der Waals surface area contributed by atoms with Crippen LogP contribution in [0.3, 0.4) is 0 Å². The molecule has 7 nitrogen and oxygen atoms in total. The summed E-state index contributed by atoms with van der Waals surface area (Å²) in [6, 6.07) is 5.15. The van der Waals surface area contributed by atoms with Crippen LogP contribution >= 0.6 is 0 Å². The molecule has 7 heteroatoms. The number of hydrogen-bond acceptors (Lipinski definition) is 4. The fourth-order valence-corrected chi connectivity index (χ4v) is 1.96. The van der Waals surface area contributed by atoms with Crippen molar-refractivity contribution >= 4 is 11.9 Å². The van der Waals surface area contributed by atoms with Crippen LogP contribution in [-0.2, 0) is 4.79 Å². The van der Waals surface area contributed by atoms with Crippen LogP contribution in [0.5, 0.6) is 0 Å². The zero-order chi connectivity index (χ0) is 16.3. The summed E-state index contributed by atoms with van der Waals surface area (Å²) in [5.41, 5.74) is -0.327. The molecule has 2 aromatic rings. The molecule has 1 atom stereocenters. The highest BCUT2D eigenvalue weighted by Crippen LogP contribution is 2.15. The van der Waals surface area contributed by atoms with Gasteiger partial charge in [0.2, 0.25) is 0 Å². The number of pyridine rings is 1. The molecule has 0 fully saturated rings. The Hall–Kier alpha value is -2.83. The van der Waals surface area contributed by atoms with E-state index >= 15 is 0 Å². The van der Waals surface area contributed by atoms with Gasteiger partial charge in [-0.25, -0.2) is 4.79 Å². The maximum atomic E-state index is 12.1. The Bertz CT molecular complexity index is 731. The van der Waals surface area contributed by atoms with E-state index in [1.165, 1.54) is 18.4 Å². The second-order valence-corrected chi connectivity index (χ2v) is 5.13. The Labute approximate surface area is 126 Å². The molecule has 0 spiro atoms. The van der Waals surface area contributed by atoms with Crippen molar-refractivity contribution in [3.05, 3.63) is 46.4 Å². The number of H-pyrrole nitrogens is 1. The maximum absolute atomic E-state index is 12.1. The highest BCUT2D eigenvalue weighted by atomic mass is 16.4. The van der Waals surface area contributed by atoms with Crippen molar-refractivity contribution in [2.45, 2.75) is 19.9 Å². The molecule has 0 aliphatic heterocycles. The Balaban J connectivity index is 2.24. The van der Waals surface area contributed by atoms with E-state index < -0.39 is 23.5 Å². The number of carbonyl (C=O) groups excluding carboxylic acids is 1. The predicted octanol–water partition coefficient (Wildman–Crippen LogP) is 1.47. The van der Waals surface area contributed by atoms with E-state index in [1.807, 2.05) is 0 Å². The van der Waals surface area contributed by atoms with Gasteiger partial charge in [-0.3, -0.25) is 9.59 Å². The fourth-order valence-electron chi connectivity index (χ4n) is 1.96. The number of hydrogen-bond donors (Lipinski definition) is 3. The van der Waals surface area contributed by atoms with Crippen LogP contribution in [0.4, 0.5) is 0 Å². The largest absolute Gasteiger partial charge is 0.480 e. The molecule has 0 saturated heterocycles. The number of carboxylic acid groups (broad SMARTS) is 1. The molecule has 2 aromatic heterocycles. The minimum absolute atomic E-state index is 0.151. The second-order valence-electron chi connectivity index (χ2n) is 5.13. The van der Waals surface area contributed by atoms with Crippen molar-refractivity contribution < 1.29 is 19.1 Å².